The molecule has 0 heterocycles. The molecule has 0 bridgehead atoms. The number of carbonyl (C=O) groups is 1. The van der Waals surface area contributed by atoms with Gasteiger partial charge in [-0.15, -0.1) is 0 Å². The molecule has 0 saturated carbocycles. The van der Waals surface area contributed by atoms with Crippen LogP contribution in [0, 0.1) is 11.3 Å². The first-order valence-corrected chi connectivity index (χ1v) is 8.47. The lowest BCUT2D eigenvalue weighted by Gasteiger charge is -2.15. The normalized spacial score (nSPS) is 11.8. The van der Waals surface area contributed by atoms with Crippen molar-refractivity contribution in [3.05, 3.63) is 0 Å². The second-order valence-electron chi connectivity index (χ2n) is 5.67. The van der Waals surface area contributed by atoms with Gasteiger partial charge in [0.1, 0.15) is 6.10 Å². The summed E-state index contributed by atoms with van der Waals surface area (Å²) in [6, 6.07) is 2.08. The van der Waals surface area contributed by atoms with Crippen LogP contribution in [0.3, 0.4) is 0 Å². The number of carboxylic acid groups (broad SMARTS) is 1. The molecule has 4 nitrogen and oxygen atoms in total. The van der Waals surface area contributed by atoms with Gasteiger partial charge in [-0.2, -0.15) is 5.26 Å². The smallest absolute Gasteiger partial charge is 0.450 e. The molecule has 122 valence electrons. The van der Waals surface area contributed by atoms with Crippen molar-refractivity contribution in [1.29, 1.82) is 5.26 Å². The van der Waals surface area contributed by atoms with Gasteiger partial charge in [0.25, 0.3) is 0 Å². The summed E-state index contributed by atoms with van der Waals surface area (Å²) in [6.07, 6.45) is 12.5. The maximum Gasteiger partial charge on any atom is 0.506 e. The molecule has 0 radical (unpaired) electrons. The summed E-state index contributed by atoms with van der Waals surface area (Å²) >= 11 is 0. The van der Waals surface area contributed by atoms with Gasteiger partial charge in [0, 0.05) is 6.42 Å². The van der Waals surface area contributed by atoms with Crippen molar-refractivity contribution in [1.82, 2.24) is 0 Å². The molecule has 4 heteroatoms. The molecule has 0 aromatic heterocycles. The van der Waals surface area contributed by atoms with Crippen LogP contribution in [0.15, 0.2) is 0 Å². The largest absolute Gasteiger partial charge is 0.506 e. The molecule has 0 amide bonds. The molecule has 0 spiro atoms. The van der Waals surface area contributed by atoms with Crippen molar-refractivity contribution >= 4 is 6.16 Å². The van der Waals surface area contributed by atoms with Crippen molar-refractivity contribution in [3.8, 4) is 6.07 Å². The second kappa shape index (κ2) is 15.2. The van der Waals surface area contributed by atoms with Gasteiger partial charge in [-0.3, -0.25) is 0 Å². The van der Waals surface area contributed by atoms with Crippen molar-refractivity contribution < 1.29 is 14.6 Å². The fourth-order valence-corrected chi connectivity index (χ4v) is 2.50. The predicted molar refractivity (Wildman–Crippen MR) is 84.2 cm³/mol. The Hall–Kier alpha value is -1.24. The zero-order valence-corrected chi connectivity index (χ0v) is 13.5. The third kappa shape index (κ3) is 15.0. The maximum atomic E-state index is 10.6. The molecule has 0 saturated heterocycles. The molecule has 0 aromatic rings. The Morgan fingerprint density at radius 2 is 1.52 bits per heavy atom. The molecular formula is C17H31NO3. The number of rotatable bonds is 14. The van der Waals surface area contributed by atoms with E-state index in [2.05, 4.69) is 13.0 Å². The van der Waals surface area contributed by atoms with E-state index in [1.165, 1.54) is 44.9 Å². The fourth-order valence-electron chi connectivity index (χ4n) is 2.50. The van der Waals surface area contributed by atoms with E-state index >= 15 is 0 Å². The molecular weight excluding hydrogens is 266 g/mol. The van der Waals surface area contributed by atoms with Crippen LogP contribution in [0.4, 0.5) is 4.79 Å². The fraction of sp³-hybridized carbons (Fsp3) is 0.882. The van der Waals surface area contributed by atoms with Crippen LogP contribution >= 0.6 is 0 Å². The van der Waals surface area contributed by atoms with E-state index in [0.29, 0.717) is 19.3 Å². The van der Waals surface area contributed by atoms with Gasteiger partial charge in [0.15, 0.2) is 0 Å². The Kier molecular flexibility index (Phi) is 14.3. The minimum absolute atomic E-state index is 0.236. The van der Waals surface area contributed by atoms with Gasteiger partial charge < -0.3 is 9.84 Å². The number of hydrogen-bond donors (Lipinski definition) is 1. The third-order valence-electron chi connectivity index (χ3n) is 3.71. The van der Waals surface area contributed by atoms with E-state index in [9.17, 15) is 4.79 Å². The van der Waals surface area contributed by atoms with E-state index in [4.69, 9.17) is 15.1 Å². The molecule has 0 aromatic carbocycles. The summed E-state index contributed by atoms with van der Waals surface area (Å²) < 4.78 is 4.88. The van der Waals surface area contributed by atoms with E-state index in [1.54, 1.807) is 0 Å². The summed E-state index contributed by atoms with van der Waals surface area (Å²) in [5.41, 5.74) is 0. The highest BCUT2D eigenvalue weighted by Gasteiger charge is 2.12. The molecule has 0 aliphatic carbocycles. The van der Waals surface area contributed by atoms with Crippen LogP contribution in [0.2, 0.25) is 0 Å². The van der Waals surface area contributed by atoms with Crippen LogP contribution in [0.25, 0.3) is 0 Å². The Morgan fingerprint density at radius 1 is 1.00 bits per heavy atom. The summed E-state index contributed by atoms with van der Waals surface area (Å²) in [5, 5.41) is 17.2. The van der Waals surface area contributed by atoms with E-state index in [-0.39, 0.29) is 6.10 Å². The minimum atomic E-state index is -1.20. The third-order valence-corrected chi connectivity index (χ3v) is 3.71. The highest BCUT2D eigenvalue weighted by Crippen LogP contribution is 2.15. The first kappa shape index (κ1) is 19.8. The first-order valence-electron chi connectivity index (χ1n) is 8.47. The maximum absolute atomic E-state index is 10.6. The Labute approximate surface area is 129 Å². The minimum Gasteiger partial charge on any atom is -0.450 e. The van der Waals surface area contributed by atoms with Crippen molar-refractivity contribution in [2.24, 2.45) is 0 Å². The van der Waals surface area contributed by atoms with Gasteiger partial charge in [-0.05, 0) is 25.7 Å². The van der Waals surface area contributed by atoms with Crippen LogP contribution < -0.4 is 0 Å². The zero-order chi connectivity index (χ0) is 15.8. The van der Waals surface area contributed by atoms with Gasteiger partial charge >= 0.3 is 6.16 Å². The van der Waals surface area contributed by atoms with E-state index < -0.39 is 6.16 Å². The second-order valence-corrected chi connectivity index (χ2v) is 5.67. The summed E-state index contributed by atoms with van der Waals surface area (Å²) in [6.45, 7) is 2.23. The molecule has 0 aliphatic rings. The molecule has 1 N–H and O–H groups in total. The number of nitrogens with zero attached hydrogens (tertiary/aromatic N) is 1. The lowest BCUT2D eigenvalue weighted by Crippen LogP contribution is -2.16. The summed E-state index contributed by atoms with van der Waals surface area (Å²) in [4.78, 5) is 10.6. The first-order chi connectivity index (χ1) is 10.2. The van der Waals surface area contributed by atoms with Crippen LogP contribution in [0.1, 0.15) is 90.4 Å². The lowest BCUT2D eigenvalue weighted by atomic mass is 10.0. The molecule has 21 heavy (non-hydrogen) atoms. The zero-order valence-electron chi connectivity index (χ0n) is 13.5. The number of ether oxygens (including phenoxy) is 1. The van der Waals surface area contributed by atoms with Crippen molar-refractivity contribution in [2.75, 3.05) is 0 Å². The van der Waals surface area contributed by atoms with E-state index in [0.717, 1.165) is 19.3 Å². The quantitative estimate of drug-likeness (QED) is 0.331. The Bertz CT molecular complexity index is 286. The predicted octanol–water partition coefficient (Wildman–Crippen LogP) is 5.66. The standard InChI is InChI=1S/C17H31NO3/c1-2-3-4-5-6-7-8-9-10-13-16(21-17(19)20)14-11-12-15-18/h16H,2-14H2,1H3,(H,19,20). The van der Waals surface area contributed by atoms with Gasteiger partial charge in [-0.1, -0.05) is 58.3 Å². The molecule has 0 rings (SSSR count). The van der Waals surface area contributed by atoms with Crippen molar-refractivity contribution in [3.63, 3.8) is 0 Å². The number of hydrogen-bond acceptors (Lipinski definition) is 3. The molecule has 1 unspecified atom stereocenters. The average Bonchev–Trinajstić information content (AvgIpc) is 2.45. The van der Waals surface area contributed by atoms with Crippen molar-refractivity contribution in [2.45, 2.75) is 96.5 Å². The Balaban J connectivity index is 3.54. The molecule has 0 aliphatic heterocycles. The van der Waals surface area contributed by atoms with E-state index in [1.807, 2.05) is 0 Å². The SMILES string of the molecule is CCCCCCCCCCCC(CCCC#N)OC(=O)O. The number of nitriles is 1. The average molecular weight is 297 g/mol. The highest BCUT2D eigenvalue weighted by molar-refractivity contribution is 5.57. The highest BCUT2D eigenvalue weighted by atomic mass is 16.7. The summed E-state index contributed by atoms with van der Waals surface area (Å²) in [5.74, 6) is 0. The van der Waals surface area contributed by atoms with Crippen LogP contribution in [-0.2, 0) is 4.74 Å². The topological polar surface area (TPSA) is 70.3 Å². The lowest BCUT2D eigenvalue weighted by molar-refractivity contribution is 0.0427. The van der Waals surface area contributed by atoms with Gasteiger partial charge in [-0.25, -0.2) is 4.79 Å². The monoisotopic (exact) mass is 297 g/mol. The van der Waals surface area contributed by atoms with Gasteiger partial charge in [0.2, 0.25) is 0 Å². The molecule has 0 fully saturated rings. The van der Waals surface area contributed by atoms with Crippen LogP contribution in [0.5, 0.6) is 0 Å². The summed E-state index contributed by atoms with van der Waals surface area (Å²) in [7, 11) is 0. The van der Waals surface area contributed by atoms with Gasteiger partial charge in [0.05, 0.1) is 6.07 Å². The Morgan fingerprint density at radius 3 is 2.05 bits per heavy atom. The molecule has 1 atom stereocenters. The number of unbranched alkanes of at least 4 members (excludes halogenated alkanes) is 9. The van der Waals surface area contributed by atoms with Crippen LogP contribution in [-0.4, -0.2) is 17.4 Å².